The average molecular weight is 307 g/mol. The van der Waals surface area contributed by atoms with E-state index >= 15 is 0 Å². The summed E-state index contributed by atoms with van der Waals surface area (Å²) in [5, 5.41) is 2.40. The van der Waals surface area contributed by atoms with Crippen molar-refractivity contribution < 1.29 is 23.9 Å². The zero-order valence-corrected chi connectivity index (χ0v) is 12.6. The zero-order valence-electron chi connectivity index (χ0n) is 12.6. The second kappa shape index (κ2) is 6.08. The molecule has 118 valence electrons. The van der Waals surface area contributed by atoms with E-state index in [0.717, 1.165) is 0 Å². The van der Waals surface area contributed by atoms with Gasteiger partial charge in [-0.1, -0.05) is 0 Å². The number of esters is 2. The van der Waals surface area contributed by atoms with Crippen LogP contribution >= 0.6 is 0 Å². The van der Waals surface area contributed by atoms with E-state index in [1.54, 1.807) is 20.8 Å². The average Bonchev–Trinajstić information content (AvgIpc) is 2.36. The Kier molecular flexibility index (Phi) is 4.39. The molecule has 1 aliphatic heterocycles. The fourth-order valence-corrected chi connectivity index (χ4v) is 1.93. The van der Waals surface area contributed by atoms with Crippen LogP contribution in [0, 0.1) is 0 Å². The predicted molar refractivity (Wildman–Crippen MR) is 75.0 cm³/mol. The summed E-state index contributed by atoms with van der Waals surface area (Å²) in [6, 6.07) is 0. The number of hydrogen-bond acceptors (Lipinski definition) is 7. The number of nitrogens with one attached hydrogen (secondary N) is 1. The van der Waals surface area contributed by atoms with E-state index < -0.39 is 23.6 Å². The molecule has 0 bridgehead atoms. The third kappa shape index (κ3) is 4.51. The number of cyclic esters (lactones) is 2. The lowest BCUT2D eigenvalue weighted by atomic mass is 9.93. The van der Waals surface area contributed by atoms with Gasteiger partial charge in [0, 0.05) is 18.3 Å². The van der Waals surface area contributed by atoms with Crippen molar-refractivity contribution in [3.63, 3.8) is 0 Å². The maximum Gasteiger partial charge on any atom is 0.414 e. The van der Waals surface area contributed by atoms with Crippen molar-refractivity contribution >= 4 is 24.0 Å². The van der Waals surface area contributed by atoms with Crippen LogP contribution in [-0.2, 0) is 19.1 Å². The Morgan fingerprint density at radius 1 is 1.23 bits per heavy atom. The third-order valence-electron chi connectivity index (χ3n) is 2.81. The third-order valence-corrected chi connectivity index (χ3v) is 2.81. The highest BCUT2D eigenvalue weighted by molar-refractivity contribution is 5.89. The van der Waals surface area contributed by atoms with E-state index in [9.17, 15) is 14.4 Å². The van der Waals surface area contributed by atoms with Crippen molar-refractivity contribution in [2.45, 2.75) is 45.1 Å². The molecule has 0 aromatic carbocycles. The van der Waals surface area contributed by atoms with Crippen LogP contribution in [0.3, 0.4) is 0 Å². The fraction of sp³-hybridized carbons (Fsp3) is 0.500. The summed E-state index contributed by atoms with van der Waals surface area (Å²) in [4.78, 5) is 42.0. The quantitative estimate of drug-likeness (QED) is 0.655. The molecule has 1 fully saturated rings. The summed E-state index contributed by atoms with van der Waals surface area (Å²) in [5.74, 6) is -1.33. The zero-order chi connectivity index (χ0) is 16.3. The van der Waals surface area contributed by atoms with Crippen LogP contribution in [0.25, 0.3) is 0 Å². The van der Waals surface area contributed by atoms with Crippen LogP contribution < -0.4 is 5.32 Å². The van der Waals surface area contributed by atoms with Gasteiger partial charge in [-0.05, 0) is 26.3 Å². The van der Waals surface area contributed by atoms with Gasteiger partial charge in [-0.25, -0.2) is 14.8 Å². The molecule has 1 aliphatic rings. The Labute approximate surface area is 127 Å². The number of nitrogens with zero attached hydrogens (tertiary/aromatic N) is 2. The Bertz CT molecular complexity index is 575. The number of hydrogen-bond donors (Lipinski definition) is 1. The van der Waals surface area contributed by atoms with E-state index in [-0.39, 0.29) is 24.7 Å². The van der Waals surface area contributed by atoms with E-state index in [2.05, 4.69) is 20.0 Å². The van der Waals surface area contributed by atoms with Gasteiger partial charge in [0.15, 0.2) is 0 Å². The molecular formula is C14H17N3O5. The summed E-state index contributed by atoms with van der Waals surface area (Å²) < 4.78 is 9.55. The molecule has 0 aliphatic carbocycles. The van der Waals surface area contributed by atoms with Gasteiger partial charge < -0.3 is 9.47 Å². The molecule has 2 rings (SSSR count). The topological polar surface area (TPSA) is 107 Å². The van der Waals surface area contributed by atoms with E-state index in [0.29, 0.717) is 5.56 Å². The second-order valence-electron chi connectivity index (χ2n) is 5.92. The van der Waals surface area contributed by atoms with Crippen molar-refractivity contribution in [2.75, 3.05) is 5.32 Å². The maximum absolute atomic E-state index is 11.6. The van der Waals surface area contributed by atoms with Crippen LogP contribution in [-0.4, -0.2) is 33.6 Å². The number of ether oxygens (including phenoxy) is 2. The monoisotopic (exact) mass is 307 g/mol. The van der Waals surface area contributed by atoms with Crippen LogP contribution in [0.2, 0.25) is 0 Å². The predicted octanol–water partition coefficient (Wildman–Crippen LogP) is 1.77. The van der Waals surface area contributed by atoms with Crippen molar-refractivity contribution in [1.29, 1.82) is 0 Å². The molecule has 1 aromatic heterocycles. The summed E-state index contributed by atoms with van der Waals surface area (Å²) in [7, 11) is 0. The SMILES string of the molecule is CC(C)(C)OC(=O)Nc1ncc(C2CC(=O)OC(=O)C2)cn1. The van der Waals surface area contributed by atoms with E-state index in [4.69, 9.17) is 4.74 Å². The largest absolute Gasteiger partial charge is 0.444 e. The highest BCUT2D eigenvalue weighted by Crippen LogP contribution is 2.27. The Morgan fingerprint density at radius 2 is 1.77 bits per heavy atom. The van der Waals surface area contributed by atoms with E-state index in [1.807, 2.05) is 0 Å². The van der Waals surface area contributed by atoms with Gasteiger partial charge in [-0.3, -0.25) is 14.9 Å². The van der Waals surface area contributed by atoms with E-state index in [1.165, 1.54) is 12.4 Å². The summed E-state index contributed by atoms with van der Waals surface area (Å²) in [6.45, 7) is 5.24. The normalized spacial score (nSPS) is 16.1. The van der Waals surface area contributed by atoms with Gasteiger partial charge in [0.05, 0.1) is 12.8 Å². The van der Waals surface area contributed by atoms with Crippen molar-refractivity contribution in [3.05, 3.63) is 18.0 Å². The first kappa shape index (κ1) is 15.9. The Balaban J connectivity index is 2.00. The standard InChI is InChI=1S/C14H17N3O5/c1-14(2,3)22-13(20)17-12-15-6-9(7-16-12)8-4-10(18)21-11(19)5-8/h6-8H,4-5H2,1-3H3,(H,15,16,17,20). The first-order chi connectivity index (χ1) is 10.2. The molecule has 1 amide bonds. The van der Waals surface area contributed by atoms with Gasteiger partial charge >= 0.3 is 18.0 Å². The molecule has 2 heterocycles. The molecule has 0 saturated carbocycles. The molecule has 22 heavy (non-hydrogen) atoms. The smallest absolute Gasteiger partial charge is 0.414 e. The molecule has 1 saturated heterocycles. The number of carbonyl (C=O) groups is 3. The van der Waals surface area contributed by atoms with Gasteiger partial charge in [-0.2, -0.15) is 0 Å². The van der Waals surface area contributed by atoms with Gasteiger partial charge in [0.25, 0.3) is 0 Å². The molecule has 0 unspecified atom stereocenters. The number of rotatable bonds is 2. The Hall–Kier alpha value is -2.51. The lowest BCUT2D eigenvalue weighted by molar-refractivity contribution is -0.163. The first-order valence-electron chi connectivity index (χ1n) is 6.78. The highest BCUT2D eigenvalue weighted by Gasteiger charge is 2.28. The Morgan fingerprint density at radius 3 is 2.27 bits per heavy atom. The molecule has 0 radical (unpaired) electrons. The molecular weight excluding hydrogens is 290 g/mol. The van der Waals surface area contributed by atoms with Crippen LogP contribution in [0.5, 0.6) is 0 Å². The number of anilines is 1. The van der Waals surface area contributed by atoms with Gasteiger partial charge in [0.1, 0.15) is 5.60 Å². The van der Waals surface area contributed by atoms with Crippen LogP contribution in [0.4, 0.5) is 10.7 Å². The number of aromatic nitrogens is 2. The van der Waals surface area contributed by atoms with Gasteiger partial charge in [0.2, 0.25) is 5.95 Å². The minimum atomic E-state index is -0.656. The van der Waals surface area contributed by atoms with Crippen molar-refractivity contribution in [1.82, 2.24) is 9.97 Å². The summed E-state index contributed by atoms with van der Waals surface area (Å²) in [5.41, 5.74) is 0.0204. The van der Waals surface area contributed by atoms with Crippen molar-refractivity contribution in [2.24, 2.45) is 0 Å². The maximum atomic E-state index is 11.6. The minimum absolute atomic E-state index is 0.0858. The van der Waals surface area contributed by atoms with Crippen LogP contribution in [0.1, 0.15) is 45.1 Å². The lowest BCUT2D eigenvalue weighted by Crippen LogP contribution is -2.28. The number of amides is 1. The molecule has 0 atom stereocenters. The van der Waals surface area contributed by atoms with Gasteiger partial charge in [-0.15, -0.1) is 0 Å². The molecule has 8 nitrogen and oxygen atoms in total. The first-order valence-corrected chi connectivity index (χ1v) is 6.78. The fourth-order valence-electron chi connectivity index (χ4n) is 1.93. The highest BCUT2D eigenvalue weighted by atomic mass is 16.6. The molecule has 1 aromatic rings. The number of carbonyl (C=O) groups excluding carboxylic acids is 3. The molecule has 8 heteroatoms. The minimum Gasteiger partial charge on any atom is -0.444 e. The lowest BCUT2D eigenvalue weighted by Gasteiger charge is -2.20. The second-order valence-corrected chi connectivity index (χ2v) is 5.92. The van der Waals surface area contributed by atoms with Crippen LogP contribution in [0.15, 0.2) is 12.4 Å². The molecule has 1 N–H and O–H groups in total. The van der Waals surface area contributed by atoms with Crippen molar-refractivity contribution in [3.8, 4) is 0 Å². The molecule has 0 spiro atoms. The summed E-state index contributed by atoms with van der Waals surface area (Å²) in [6.07, 6.45) is 2.49. The summed E-state index contributed by atoms with van der Waals surface area (Å²) >= 11 is 0.